The topological polar surface area (TPSA) is 111 Å². The average molecular weight is 864 g/mol. The van der Waals surface area contributed by atoms with Gasteiger partial charge in [-0.3, -0.25) is 9.59 Å². The van der Waals surface area contributed by atoms with E-state index >= 15 is 0 Å². The number of aliphatic carboxylic acids is 1. The van der Waals surface area contributed by atoms with Crippen LogP contribution in [0, 0.1) is 0 Å². The number of carboxylic acid groups (broad SMARTS) is 1. The summed E-state index contributed by atoms with van der Waals surface area (Å²) < 4.78 is 22.6. The van der Waals surface area contributed by atoms with E-state index in [-0.39, 0.29) is 32.2 Å². The zero-order valence-corrected chi connectivity index (χ0v) is 40.5. The fourth-order valence-corrected chi connectivity index (χ4v) is 7.20. The molecule has 0 aliphatic carbocycles. The second-order valence-corrected chi connectivity index (χ2v) is 18.5. The second kappa shape index (κ2) is 44.4. The number of unbranched alkanes of at least 4 members (excludes halogenated alkanes) is 28. The van der Waals surface area contributed by atoms with Crippen LogP contribution in [0.5, 0.6) is 0 Å². The highest BCUT2D eigenvalue weighted by molar-refractivity contribution is 5.70. The minimum absolute atomic E-state index is 0.147. The number of esters is 2. The maximum absolute atomic E-state index is 12.8. The lowest BCUT2D eigenvalue weighted by Crippen LogP contribution is -2.44. The summed E-state index contributed by atoms with van der Waals surface area (Å²) in [6.07, 6.45) is 46.4. The van der Waals surface area contributed by atoms with Crippen LogP contribution in [-0.2, 0) is 33.3 Å². The molecule has 0 aromatic heterocycles. The Kier molecular flexibility index (Phi) is 42.8. The molecule has 0 heterocycles. The molecule has 0 aromatic carbocycles. The van der Waals surface area contributed by atoms with E-state index in [0.29, 0.717) is 23.9 Å². The predicted octanol–water partition coefficient (Wildman–Crippen LogP) is 12.7. The van der Waals surface area contributed by atoms with Crippen molar-refractivity contribution in [1.29, 1.82) is 0 Å². The van der Waals surface area contributed by atoms with E-state index in [4.69, 9.17) is 18.9 Å². The fraction of sp³-hybridized carbons (Fsp3) is 0.865. The van der Waals surface area contributed by atoms with Crippen molar-refractivity contribution >= 4 is 17.9 Å². The van der Waals surface area contributed by atoms with Gasteiger partial charge in [-0.05, 0) is 38.5 Å². The quantitative estimate of drug-likeness (QED) is 0.0195. The number of allylic oxidation sites excluding steroid dienone is 4. The zero-order chi connectivity index (χ0) is 44.9. The van der Waals surface area contributed by atoms with Crippen LogP contribution < -0.4 is 5.11 Å². The van der Waals surface area contributed by atoms with Gasteiger partial charge in [0.15, 0.2) is 12.4 Å². The number of carbonyl (C=O) groups is 3. The lowest BCUT2D eigenvalue weighted by molar-refractivity contribution is -0.870. The number of carboxylic acids is 1. The summed E-state index contributed by atoms with van der Waals surface area (Å²) in [5.74, 6) is -2.29. The van der Waals surface area contributed by atoms with E-state index < -0.39 is 24.3 Å². The van der Waals surface area contributed by atoms with Crippen LogP contribution in [0.25, 0.3) is 0 Å². The molecule has 0 N–H and O–H groups in total. The first kappa shape index (κ1) is 58.8. The number of carbonyl (C=O) groups excluding carboxylic acids is 3. The number of ether oxygens (including phenoxy) is 4. The molecule has 0 aliphatic heterocycles. The molecule has 0 rings (SSSR count). The summed E-state index contributed by atoms with van der Waals surface area (Å²) in [7, 11) is 5.91. The first-order chi connectivity index (χ1) is 29.6. The van der Waals surface area contributed by atoms with Crippen molar-refractivity contribution in [2.24, 2.45) is 0 Å². The van der Waals surface area contributed by atoms with Gasteiger partial charge in [0.25, 0.3) is 0 Å². The van der Waals surface area contributed by atoms with Crippen LogP contribution >= 0.6 is 0 Å². The second-order valence-electron chi connectivity index (χ2n) is 18.5. The minimum Gasteiger partial charge on any atom is -0.545 e. The third kappa shape index (κ3) is 45.6. The normalized spacial score (nSPS) is 13.0. The van der Waals surface area contributed by atoms with E-state index in [1.807, 2.05) is 21.1 Å². The Balaban J connectivity index is 4.27. The van der Waals surface area contributed by atoms with E-state index in [0.717, 1.165) is 64.2 Å². The summed E-state index contributed by atoms with van der Waals surface area (Å²) in [6.45, 7) is 4.71. The molecule has 0 aromatic rings. The number of likely N-dealkylation sites (N-methyl/N-ethyl adjacent to an activating group) is 1. The first-order valence-corrected chi connectivity index (χ1v) is 25.5. The Hall–Kier alpha value is -2.23. The number of quaternary nitrogens is 1. The van der Waals surface area contributed by atoms with E-state index in [1.54, 1.807) is 0 Å². The SMILES string of the molecule is CCCC/C=C\C/C=C\CCCCCCCC(=O)OC(COC(=O)CCCCCCCCCCCCCCCCCCCCCCCC)COC(OCC[N+](C)(C)C)C(=O)[O-]. The Morgan fingerprint density at radius 1 is 0.492 bits per heavy atom. The molecule has 0 saturated heterocycles. The average Bonchev–Trinajstić information content (AvgIpc) is 3.22. The van der Waals surface area contributed by atoms with Crippen LogP contribution in [0.2, 0.25) is 0 Å². The summed E-state index contributed by atoms with van der Waals surface area (Å²) in [6, 6.07) is 0. The Bertz CT molecular complexity index is 1050. The summed E-state index contributed by atoms with van der Waals surface area (Å²) in [5, 5.41) is 11.7. The van der Waals surface area contributed by atoms with Crippen molar-refractivity contribution in [3.05, 3.63) is 24.3 Å². The number of nitrogens with zero attached hydrogens (tertiary/aromatic N) is 1. The molecule has 0 spiro atoms. The van der Waals surface area contributed by atoms with Gasteiger partial charge in [-0.25, -0.2) is 0 Å². The highest BCUT2D eigenvalue weighted by atomic mass is 16.7. The molecular weight excluding hydrogens is 767 g/mol. The van der Waals surface area contributed by atoms with Gasteiger partial charge in [0, 0.05) is 12.8 Å². The van der Waals surface area contributed by atoms with Crippen molar-refractivity contribution in [3.8, 4) is 0 Å². The van der Waals surface area contributed by atoms with E-state index in [2.05, 4.69) is 38.2 Å². The highest BCUT2D eigenvalue weighted by Crippen LogP contribution is 2.16. The van der Waals surface area contributed by atoms with Crippen molar-refractivity contribution in [2.75, 3.05) is 47.5 Å². The molecule has 358 valence electrons. The summed E-state index contributed by atoms with van der Waals surface area (Å²) in [4.78, 5) is 37.1. The number of hydrogen-bond acceptors (Lipinski definition) is 8. The van der Waals surface area contributed by atoms with E-state index in [9.17, 15) is 19.5 Å². The largest absolute Gasteiger partial charge is 0.545 e. The third-order valence-electron chi connectivity index (χ3n) is 11.2. The fourth-order valence-electron chi connectivity index (χ4n) is 7.20. The molecule has 0 fully saturated rings. The van der Waals surface area contributed by atoms with Crippen molar-refractivity contribution in [1.82, 2.24) is 0 Å². The summed E-state index contributed by atoms with van der Waals surface area (Å²) in [5.41, 5.74) is 0. The number of hydrogen-bond donors (Lipinski definition) is 0. The van der Waals surface area contributed by atoms with Gasteiger partial charge in [-0.2, -0.15) is 0 Å². The standard InChI is InChI=1S/C52H97NO8/c1-6-8-10-12-14-16-18-20-22-23-24-25-26-27-28-29-31-32-34-36-38-40-42-49(54)59-46-48(47-60-52(51(56)57)58-45-44-53(3,4)5)61-50(55)43-41-39-37-35-33-30-21-19-17-15-13-11-9-7-2/h13,15,19,21,48,52H,6-12,14,16-18,20,22-47H2,1-5H3/b15-13-,21-19-. The van der Waals surface area contributed by atoms with Crippen LogP contribution in [0.4, 0.5) is 0 Å². The van der Waals surface area contributed by atoms with Crippen LogP contribution in [0.1, 0.15) is 232 Å². The van der Waals surface area contributed by atoms with Crippen molar-refractivity contribution in [2.45, 2.75) is 245 Å². The maximum atomic E-state index is 12.8. The lowest BCUT2D eigenvalue weighted by Gasteiger charge is -2.26. The third-order valence-corrected chi connectivity index (χ3v) is 11.2. The van der Waals surface area contributed by atoms with Gasteiger partial charge in [-0.15, -0.1) is 0 Å². The van der Waals surface area contributed by atoms with Gasteiger partial charge >= 0.3 is 11.9 Å². The lowest BCUT2D eigenvalue weighted by atomic mass is 10.0. The molecular formula is C52H97NO8. The molecule has 0 saturated carbocycles. The zero-order valence-electron chi connectivity index (χ0n) is 40.5. The maximum Gasteiger partial charge on any atom is 0.306 e. The van der Waals surface area contributed by atoms with Gasteiger partial charge < -0.3 is 33.3 Å². The minimum atomic E-state index is -1.62. The van der Waals surface area contributed by atoms with Crippen LogP contribution in [0.15, 0.2) is 24.3 Å². The molecule has 0 radical (unpaired) electrons. The van der Waals surface area contributed by atoms with Crippen molar-refractivity contribution < 1.29 is 42.9 Å². The Morgan fingerprint density at radius 3 is 1.34 bits per heavy atom. The Labute approximate surface area is 376 Å². The van der Waals surface area contributed by atoms with Gasteiger partial charge in [-0.1, -0.05) is 205 Å². The Morgan fingerprint density at radius 2 is 0.902 bits per heavy atom. The monoisotopic (exact) mass is 864 g/mol. The molecule has 0 amide bonds. The predicted molar refractivity (Wildman–Crippen MR) is 251 cm³/mol. The molecule has 2 atom stereocenters. The highest BCUT2D eigenvalue weighted by Gasteiger charge is 2.22. The van der Waals surface area contributed by atoms with Gasteiger partial charge in [0.1, 0.15) is 13.2 Å². The molecule has 0 bridgehead atoms. The first-order valence-electron chi connectivity index (χ1n) is 25.5. The van der Waals surface area contributed by atoms with Crippen LogP contribution in [0.3, 0.4) is 0 Å². The smallest absolute Gasteiger partial charge is 0.306 e. The van der Waals surface area contributed by atoms with Gasteiger partial charge in [0.05, 0.1) is 40.3 Å². The molecule has 9 heteroatoms. The summed E-state index contributed by atoms with van der Waals surface area (Å²) >= 11 is 0. The van der Waals surface area contributed by atoms with Crippen LogP contribution in [-0.4, -0.2) is 82.3 Å². The van der Waals surface area contributed by atoms with E-state index in [1.165, 1.54) is 135 Å². The number of rotatable bonds is 47. The molecule has 61 heavy (non-hydrogen) atoms. The van der Waals surface area contributed by atoms with Gasteiger partial charge in [0.2, 0.25) is 0 Å². The molecule has 0 aliphatic rings. The molecule has 2 unspecified atom stereocenters. The molecule has 9 nitrogen and oxygen atoms in total. The van der Waals surface area contributed by atoms with Crippen molar-refractivity contribution in [3.63, 3.8) is 0 Å².